The summed E-state index contributed by atoms with van der Waals surface area (Å²) in [5.41, 5.74) is 7.57. The minimum absolute atomic E-state index is 0.0696. The van der Waals surface area contributed by atoms with Gasteiger partial charge in [0.25, 0.3) is 5.56 Å². The molecule has 0 unspecified atom stereocenters. The third-order valence-corrected chi connectivity index (χ3v) is 5.46. The molecule has 2 rings (SSSR count). The third-order valence-electron chi connectivity index (χ3n) is 4.62. The fourth-order valence-electron chi connectivity index (χ4n) is 2.94. The first-order chi connectivity index (χ1) is 13.6. The van der Waals surface area contributed by atoms with E-state index >= 15 is 0 Å². The summed E-state index contributed by atoms with van der Waals surface area (Å²) in [5.74, 6) is 0. The largest absolute Gasteiger partial charge is 0.354 e. The number of aromatic nitrogens is 2. The van der Waals surface area contributed by atoms with E-state index in [0.717, 1.165) is 4.57 Å². The summed E-state index contributed by atoms with van der Waals surface area (Å²) in [6.07, 6.45) is -1.15. The van der Waals surface area contributed by atoms with Crippen molar-refractivity contribution in [2.75, 3.05) is 25.8 Å². The highest BCUT2D eigenvalue weighted by Crippen LogP contribution is 2.41. The maximum absolute atomic E-state index is 11.8. The first-order valence-electron chi connectivity index (χ1n) is 9.34. The van der Waals surface area contributed by atoms with Crippen LogP contribution in [0.4, 0.5) is 0 Å². The number of hydrogen-bond donors (Lipinski definition) is 3. The Bertz CT molecular complexity index is 864. The molecule has 0 bridgehead atoms. The van der Waals surface area contributed by atoms with Gasteiger partial charge in [0.15, 0.2) is 0 Å². The zero-order valence-corrected chi connectivity index (χ0v) is 18.0. The fraction of sp³-hybridized carbons (Fsp3) is 0.750. The number of nitrogens with zero attached hydrogens (tertiary/aromatic N) is 5. The molecule has 0 radical (unpaired) electrons. The average Bonchev–Trinajstić information content (AvgIpc) is 3.01. The molecular formula is C16H29N6O6P. The van der Waals surface area contributed by atoms with Gasteiger partial charge in [0, 0.05) is 23.1 Å². The van der Waals surface area contributed by atoms with Crippen LogP contribution >= 0.6 is 7.60 Å². The number of ether oxygens (including phenoxy) is 1. The van der Waals surface area contributed by atoms with Gasteiger partial charge in [-0.1, -0.05) is 25.9 Å². The van der Waals surface area contributed by atoms with Gasteiger partial charge in [-0.25, -0.2) is 4.79 Å². The van der Waals surface area contributed by atoms with E-state index in [1.54, 1.807) is 0 Å². The van der Waals surface area contributed by atoms with Gasteiger partial charge in [0.05, 0.1) is 18.3 Å². The molecule has 1 aliphatic heterocycles. The van der Waals surface area contributed by atoms with Gasteiger partial charge < -0.3 is 19.4 Å². The van der Waals surface area contributed by atoms with Crippen LogP contribution in [0.2, 0.25) is 0 Å². The Kier molecular flexibility index (Phi) is 9.78. The van der Waals surface area contributed by atoms with E-state index < -0.39 is 43.4 Å². The standard InChI is InChI=1S/C10H14N5O6P.C6H15N/c1-5-3-15(10(17)12-9(5)16)8-2-6(13-14-11)7(21-8)4-22(18,19)20;1-4-7(5-2)6-3/h3,6-8H,2,4H2,1H3,(H,12,16,17)(H2,18,19,20);4-6H2,1-3H3/t6-,7+,8+;/m0./s1. The van der Waals surface area contributed by atoms with Crippen molar-refractivity contribution in [2.45, 2.75) is 52.5 Å². The normalized spacial score (nSPS) is 21.4. The molecule has 3 atom stereocenters. The Hall–Kier alpha value is -1.94. The molecule has 3 N–H and O–H groups in total. The summed E-state index contributed by atoms with van der Waals surface area (Å²) in [6.45, 7) is 11.6. The van der Waals surface area contributed by atoms with Crippen LogP contribution < -0.4 is 11.2 Å². The van der Waals surface area contributed by atoms with Crippen molar-refractivity contribution in [3.63, 3.8) is 0 Å². The summed E-state index contributed by atoms with van der Waals surface area (Å²) < 4.78 is 17.7. The van der Waals surface area contributed by atoms with E-state index in [-0.39, 0.29) is 12.0 Å². The molecule has 0 spiro atoms. The van der Waals surface area contributed by atoms with Crippen LogP contribution in [0.5, 0.6) is 0 Å². The number of hydrogen-bond acceptors (Lipinski definition) is 6. The third kappa shape index (κ3) is 7.77. The van der Waals surface area contributed by atoms with E-state index in [2.05, 4.69) is 40.7 Å². The van der Waals surface area contributed by atoms with Gasteiger partial charge in [-0.15, -0.1) is 0 Å². The zero-order valence-electron chi connectivity index (χ0n) is 17.1. The number of azide groups is 1. The van der Waals surface area contributed by atoms with E-state index in [4.69, 9.17) is 20.1 Å². The van der Waals surface area contributed by atoms with Crippen LogP contribution in [0, 0.1) is 6.92 Å². The van der Waals surface area contributed by atoms with Crippen molar-refractivity contribution in [1.82, 2.24) is 14.5 Å². The van der Waals surface area contributed by atoms with E-state index in [1.165, 1.54) is 32.8 Å². The van der Waals surface area contributed by atoms with Crippen LogP contribution in [0.3, 0.4) is 0 Å². The molecule has 0 aromatic carbocycles. The fourth-order valence-corrected chi connectivity index (χ4v) is 3.74. The minimum atomic E-state index is -4.38. The first kappa shape index (κ1) is 25.1. The molecule has 1 aromatic heterocycles. The Balaban J connectivity index is 0.000000516. The van der Waals surface area contributed by atoms with Crippen molar-refractivity contribution in [1.29, 1.82) is 0 Å². The van der Waals surface area contributed by atoms with Crippen LogP contribution in [0.15, 0.2) is 20.9 Å². The molecule has 13 heteroatoms. The predicted octanol–water partition coefficient (Wildman–Crippen LogP) is 1.34. The Morgan fingerprint density at radius 2 is 1.93 bits per heavy atom. The van der Waals surface area contributed by atoms with Crippen LogP contribution in [0.1, 0.15) is 39.0 Å². The minimum Gasteiger partial charge on any atom is -0.354 e. The smallest absolute Gasteiger partial charge is 0.330 e. The summed E-state index contributed by atoms with van der Waals surface area (Å²) >= 11 is 0. The highest BCUT2D eigenvalue weighted by molar-refractivity contribution is 7.51. The van der Waals surface area contributed by atoms with Gasteiger partial charge in [0.1, 0.15) is 6.23 Å². The SMILES string of the molecule is CCN(CC)CC.Cc1cn([C@H]2C[C@H](N=[N+]=[N-])[C@@H](CP(=O)(O)O)O2)c(=O)[nH]c1=O. The monoisotopic (exact) mass is 432 g/mol. The van der Waals surface area contributed by atoms with Crippen molar-refractivity contribution in [3.05, 3.63) is 43.0 Å². The highest BCUT2D eigenvalue weighted by Gasteiger charge is 2.39. The summed E-state index contributed by atoms with van der Waals surface area (Å²) in [4.78, 5) is 48.3. The molecule has 0 amide bonds. The van der Waals surface area contributed by atoms with Gasteiger partial charge in [-0.3, -0.25) is 18.9 Å². The van der Waals surface area contributed by atoms with Crippen molar-refractivity contribution < 1.29 is 19.1 Å². The van der Waals surface area contributed by atoms with Gasteiger partial charge in [0.2, 0.25) is 0 Å². The Morgan fingerprint density at radius 1 is 1.34 bits per heavy atom. The van der Waals surface area contributed by atoms with Gasteiger partial charge >= 0.3 is 13.3 Å². The molecule has 0 saturated carbocycles. The van der Waals surface area contributed by atoms with Crippen LogP contribution in [0.25, 0.3) is 10.4 Å². The van der Waals surface area contributed by atoms with Gasteiger partial charge in [-0.2, -0.15) is 0 Å². The maximum atomic E-state index is 11.8. The lowest BCUT2D eigenvalue weighted by molar-refractivity contribution is 0.00574. The van der Waals surface area contributed by atoms with Crippen molar-refractivity contribution in [3.8, 4) is 0 Å². The van der Waals surface area contributed by atoms with E-state index in [9.17, 15) is 14.2 Å². The van der Waals surface area contributed by atoms with Crippen LogP contribution in [-0.2, 0) is 9.30 Å². The topological polar surface area (TPSA) is 174 Å². The zero-order chi connectivity index (χ0) is 22.2. The second kappa shape index (κ2) is 11.3. The Morgan fingerprint density at radius 3 is 2.38 bits per heavy atom. The molecule has 1 aromatic rings. The lowest BCUT2D eigenvalue weighted by Crippen LogP contribution is -2.33. The lowest BCUT2D eigenvalue weighted by atomic mass is 10.1. The highest BCUT2D eigenvalue weighted by atomic mass is 31.2. The van der Waals surface area contributed by atoms with Crippen LogP contribution in [-0.4, -0.2) is 62.2 Å². The molecule has 1 saturated heterocycles. The summed E-state index contributed by atoms with van der Waals surface area (Å²) in [5, 5.41) is 3.46. The number of H-pyrrole nitrogens is 1. The first-order valence-corrected chi connectivity index (χ1v) is 11.1. The second-order valence-electron chi connectivity index (χ2n) is 6.58. The molecule has 29 heavy (non-hydrogen) atoms. The number of rotatable bonds is 7. The van der Waals surface area contributed by atoms with Crippen molar-refractivity contribution >= 4 is 7.60 Å². The maximum Gasteiger partial charge on any atom is 0.330 e. The molecule has 2 heterocycles. The molecule has 164 valence electrons. The molecule has 12 nitrogen and oxygen atoms in total. The predicted molar refractivity (Wildman–Crippen MR) is 108 cm³/mol. The number of nitrogens with one attached hydrogen (secondary N) is 1. The summed E-state index contributed by atoms with van der Waals surface area (Å²) in [6, 6.07) is -0.818. The van der Waals surface area contributed by atoms with Gasteiger partial charge in [-0.05, 0) is 32.1 Å². The van der Waals surface area contributed by atoms with E-state index in [1.807, 2.05) is 0 Å². The molecule has 1 aliphatic rings. The average molecular weight is 432 g/mol. The molecular weight excluding hydrogens is 403 g/mol. The molecule has 0 aliphatic carbocycles. The second-order valence-corrected chi connectivity index (χ2v) is 8.28. The lowest BCUT2D eigenvalue weighted by Gasteiger charge is -2.17. The number of aryl methyl sites for hydroxylation is 1. The quantitative estimate of drug-likeness (QED) is 0.252. The summed E-state index contributed by atoms with van der Waals surface area (Å²) in [7, 11) is -4.38. The van der Waals surface area contributed by atoms with E-state index in [0.29, 0.717) is 0 Å². The molecule has 1 fully saturated rings. The Labute approximate surface area is 168 Å². The number of aromatic amines is 1. The van der Waals surface area contributed by atoms with Crippen molar-refractivity contribution in [2.24, 2.45) is 5.11 Å².